The van der Waals surface area contributed by atoms with E-state index in [1.165, 1.54) is 5.56 Å². The third-order valence-electron chi connectivity index (χ3n) is 2.72. The zero-order valence-electron chi connectivity index (χ0n) is 10.9. The van der Waals surface area contributed by atoms with Gasteiger partial charge in [-0.3, -0.25) is 0 Å². The number of aryl methyl sites for hydroxylation is 1. The second-order valence-electron chi connectivity index (χ2n) is 4.33. The Balaban J connectivity index is 1.84. The van der Waals surface area contributed by atoms with Crippen LogP contribution in [0.4, 0.5) is 5.69 Å². The summed E-state index contributed by atoms with van der Waals surface area (Å²) in [6.07, 6.45) is 0. The average molecular weight is 331 g/mol. The molecule has 1 N–H and O–H groups in total. The van der Waals surface area contributed by atoms with Crippen molar-refractivity contribution in [3.05, 3.63) is 57.0 Å². The van der Waals surface area contributed by atoms with Crippen molar-refractivity contribution in [2.45, 2.75) is 6.92 Å². The van der Waals surface area contributed by atoms with Gasteiger partial charge in [0.05, 0.1) is 20.8 Å². The molecule has 0 aromatic heterocycles. The van der Waals surface area contributed by atoms with Crippen LogP contribution in [0.1, 0.15) is 5.56 Å². The predicted molar refractivity (Wildman–Crippen MR) is 86.6 cm³/mol. The van der Waals surface area contributed by atoms with Gasteiger partial charge in [-0.25, -0.2) is 0 Å². The quantitative estimate of drug-likeness (QED) is 0.581. The number of nitrogens with one attached hydrogen (secondary N) is 1. The first-order valence-electron chi connectivity index (χ1n) is 6.14. The van der Waals surface area contributed by atoms with E-state index in [-0.39, 0.29) is 0 Å². The lowest BCUT2D eigenvalue weighted by Crippen LogP contribution is -2.11. The summed E-state index contributed by atoms with van der Waals surface area (Å²) in [7, 11) is 0. The van der Waals surface area contributed by atoms with Crippen LogP contribution in [-0.2, 0) is 0 Å². The molecule has 2 nitrogen and oxygen atoms in total. The van der Waals surface area contributed by atoms with Crippen LogP contribution in [0.25, 0.3) is 0 Å². The molecule has 2 aromatic carbocycles. The lowest BCUT2D eigenvalue weighted by atomic mass is 10.2. The SMILES string of the molecule is Cc1ccc(OCCNc2cc(Cl)c(Cl)cc2Cl)cc1. The van der Waals surface area contributed by atoms with E-state index in [0.717, 1.165) is 11.4 Å². The van der Waals surface area contributed by atoms with Gasteiger partial charge in [0.25, 0.3) is 0 Å². The van der Waals surface area contributed by atoms with Gasteiger partial charge in [-0.05, 0) is 31.2 Å². The number of ether oxygens (including phenoxy) is 1. The van der Waals surface area contributed by atoms with Gasteiger partial charge in [0.15, 0.2) is 0 Å². The van der Waals surface area contributed by atoms with Crippen molar-refractivity contribution in [3.8, 4) is 5.75 Å². The van der Waals surface area contributed by atoms with E-state index in [2.05, 4.69) is 5.32 Å². The second kappa shape index (κ2) is 7.07. The smallest absolute Gasteiger partial charge is 0.119 e. The topological polar surface area (TPSA) is 21.3 Å². The van der Waals surface area contributed by atoms with Crippen LogP contribution in [0, 0.1) is 6.92 Å². The fraction of sp³-hybridized carbons (Fsp3) is 0.200. The molecule has 2 rings (SSSR count). The average Bonchev–Trinajstić information content (AvgIpc) is 2.42. The summed E-state index contributed by atoms with van der Waals surface area (Å²) in [5.74, 6) is 0.845. The van der Waals surface area contributed by atoms with Gasteiger partial charge in [0.1, 0.15) is 12.4 Å². The third kappa shape index (κ3) is 4.20. The molecular formula is C15H14Cl3NO. The molecule has 0 aliphatic heterocycles. The molecule has 0 saturated carbocycles. The molecule has 20 heavy (non-hydrogen) atoms. The number of hydrogen-bond donors (Lipinski definition) is 1. The zero-order chi connectivity index (χ0) is 14.5. The van der Waals surface area contributed by atoms with Crippen LogP contribution in [0.15, 0.2) is 36.4 Å². The number of benzene rings is 2. The molecular weight excluding hydrogens is 317 g/mol. The number of hydrogen-bond acceptors (Lipinski definition) is 2. The summed E-state index contributed by atoms with van der Waals surface area (Å²) in [6, 6.07) is 11.2. The Kier molecular flexibility index (Phi) is 5.41. The van der Waals surface area contributed by atoms with Gasteiger partial charge >= 0.3 is 0 Å². The Morgan fingerprint density at radius 1 is 0.950 bits per heavy atom. The molecule has 2 aromatic rings. The summed E-state index contributed by atoms with van der Waals surface area (Å²) in [5.41, 5.74) is 1.95. The molecule has 0 spiro atoms. The minimum Gasteiger partial charge on any atom is -0.492 e. The molecule has 0 unspecified atom stereocenters. The molecule has 0 amide bonds. The molecule has 106 valence electrons. The van der Waals surface area contributed by atoms with Crippen LogP contribution in [-0.4, -0.2) is 13.2 Å². The van der Waals surface area contributed by atoms with Crippen molar-refractivity contribution in [1.29, 1.82) is 0 Å². The Morgan fingerprint density at radius 3 is 2.30 bits per heavy atom. The number of halogens is 3. The highest BCUT2D eigenvalue weighted by Crippen LogP contribution is 2.32. The van der Waals surface area contributed by atoms with E-state index in [9.17, 15) is 0 Å². The molecule has 0 aliphatic carbocycles. The minimum atomic E-state index is 0.443. The fourth-order valence-corrected chi connectivity index (χ4v) is 2.26. The van der Waals surface area contributed by atoms with E-state index in [0.29, 0.717) is 28.2 Å². The monoisotopic (exact) mass is 329 g/mol. The normalized spacial score (nSPS) is 10.4. The number of rotatable bonds is 5. The maximum Gasteiger partial charge on any atom is 0.119 e. The molecule has 5 heteroatoms. The van der Waals surface area contributed by atoms with Crippen molar-refractivity contribution in [1.82, 2.24) is 0 Å². The van der Waals surface area contributed by atoms with Crippen LogP contribution >= 0.6 is 34.8 Å². The van der Waals surface area contributed by atoms with Gasteiger partial charge in [0, 0.05) is 6.54 Å². The van der Waals surface area contributed by atoms with E-state index >= 15 is 0 Å². The molecule has 0 bridgehead atoms. The van der Waals surface area contributed by atoms with Crippen molar-refractivity contribution >= 4 is 40.5 Å². The Hall–Kier alpha value is -1.09. The Labute approximate surface area is 133 Å². The first-order chi connectivity index (χ1) is 9.56. The van der Waals surface area contributed by atoms with E-state index < -0.39 is 0 Å². The van der Waals surface area contributed by atoms with Crippen molar-refractivity contribution in [3.63, 3.8) is 0 Å². The lowest BCUT2D eigenvalue weighted by Gasteiger charge is -2.11. The minimum absolute atomic E-state index is 0.443. The maximum absolute atomic E-state index is 6.07. The maximum atomic E-state index is 6.07. The highest BCUT2D eigenvalue weighted by Gasteiger charge is 2.05. The summed E-state index contributed by atoms with van der Waals surface area (Å²) < 4.78 is 5.61. The molecule has 0 fully saturated rings. The Bertz CT molecular complexity index is 584. The first kappa shape index (κ1) is 15.3. The van der Waals surface area contributed by atoms with Crippen LogP contribution in [0.3, 0.4) is 0 Å². The van der Waals surface area contributed by atoms with E-state index in [4.69, 9.17) is 39.5 Å². The zero-order valence-corrected chi connectivity index (χ0v) is 13.2. The van der Waals surface area contributed by atoms with Gasteiger partial charge in [-0.1, -0.05) is 52.5 Å². The highest BCUT2D eigenvalue weighted by atomic mass is 35.5. The van der Waals surface area contributed by atoms with Crippen molar-refractivity contribution in [2.24, 2.45) is 0 Å². The summed E-state index contributed by atoms with van der Waals surface area (Å²) >= 11 is 17.9. The lowest BCUT2D eigenvalue weighted by molar-refractivity contribution is 0.333. The van der Waals surface area contributed by atoms with Gasteiger partial charge < -0.3 is 10.1 Å². The van der Waals surface area contributed by atoms with Crippen molar-refractivity contribution in [2.75, 3.05) is 18.5 Å². The number of anilines is 1. The molecule has 0 aliphatic rings. The summed E-state index contributed by atoms with van der Waals surface area (Å²) in [4.78, 5) is 0. The molecule has 0 saturated heterocycles. The fourth-order valence-electron chi connectivity index (χ4n) is 1.65. The first-order valence-corrected chi connectivity index (χ1v) is 7.27. The molecule has 0 radical (unpaired) electrons. The van der Waals surface area contributed by atoms with Gasteiger partial charge in [-0.2, -0.15) is 0 Å². The Morgan fingerprint density at radius 2 is 1.60 bits per heavy atom. The van der Waals surface area contributed by atoms with Gasteiger partial charge in [-0.15, -0.1) is 0 Å². The second-order valence-corrected chi connectivity index (χ2v) is 5.56. The summed E-state index contributed by atoms with van der Waals surface area (Å²) in [6.45, 7) is 3.18. The van der Waals surface area contributed by atoms with E-state index in [1.54, 1.807) is 12.1 Å². The van der Waals surface area contributed by atoms with Crippen LogP contribution in [0.2, 0.25) is 15.1 Å². The van der Waals surface area contributed by atoms with E-state index in [1.807, 2.05) is 31.2 Å². The standard InChI is InChI=1S/C15H14Cl3NO/c1-10-2-4-11(5-3-10)20-7-6-19-15-9-13(17)12(16)8-14(15)18/h2-5,8-9,19H,6-7H2,1H3. The summed E-state index contributed by atoms with van der Waals surface area (Å²) in [5, 5.41) is 4.61. The van der Waals surface area contributed by atoms with Gasteiger partial charge in [0.2, 0.25) is 0 Å². The third-order valence-corrected chi connectivity index (χ3v) is 3.75. The molecule has 0 heterocycles. The molecule has 0 atom stereocenters. The van der Waals surface area contributed by atoms with Crippen LogP contribution < -0.4 is 10.1 Å². The van der Waals surface area contributed by atoms with Crippen LogP contribution in [0.5, 0.6) is 5.75 Å². The van der Waals surface area contributed by atoms with Crippen molar-refractivity contribution < 1.29 is 4.74 Å². The largest absolute Gasteiger partial charge is 0.492 e. The highest BCUT2D eigenvalue weighted by molar-refractivity contribution is 6.44. The predicted octanol–water partition coefficient (Wildman–Crippen LogP) is 5.45.